The monoisotopic (exact) mass is 289 g/mol. The van der Waals surface area contributed by atoms with Gasteiger partial charge in [0.25, 0.3) is 11.8 Å². The topological polar surface area (TPSA) is 97.9 Å². The van der Waals surface area contributed by atoms with Crippen LogP contribution in [-0.4, -0.2) is 40.9 Å². The molecular weight excluding hydrogens is 274 g/mol. The zero-order chi connectivity index (χ0) is 14.7. The van der Waals surface area contributed by atoms with E-state index in [0.717, 1.165) is 26.1 Å². The van der Waals surface area contributed by atoms with E-state index < -0.39 is 11.9 Å². The van der Waals surface area contributed by atoms with Crippen LogP contribution in [0.3, 0.4) is 0 Å². The minimum atomic E-state index is -0.769. The molecule has 0 saturated carbocycles. The van der Waals surface area contributed by atoms with Crippen molar-refractivity contribution >= 4 is 17.5 Å². The Balaban J connectivity index is 1.61. The number of rotatable bonds is 3. The summed E-state index contributed by atoms with van der Waals surface area (Å²) in [6, 6.07) is -0.467. The molecule has 2 aliphatic rings. The highest BCUT2D eigenvalue weighted by molar-refractivity contribution is 5.98. The molecule has 3 heterocycles. The first-order valence-corrected chi connectivity index (χ1v) is 6.78. The largest absolute Gasteiger partial charge is 0.381 e. The Kier molecular flexibility index (Phi) is 3.87. The Labute approximate surface area is 120 Å². The van der Waals surface area contributed by atoms with Crippen LogP contribution in [0, 0.1) is 0 Å². The lowest BCUT2D eigenvalue weighted by Gasteiger charge is -2.22. The summed E-state index contributed by atoms with van der Waals surface area (Å²) in [5.74, 6) is -0.791. The van der Waals surface area contributed by atoms with Gasteiger partial charge in [-0.1, -0.05) is 0 Å². The van der Waals surface area contributed by atoms with Gasteiger partial charge in [-0.15, -0.1) is 5.11 Å². The summed E-state index contributed by atoms with van der Waals surface area (Å²) in [5, 5.41) is 14.0. The van der Waals surface area contributed by atoms with Crippen molar-refractivity contribution in [2.45, 2.75) is 24.9 Å². The number of aromatic nitrogens is 2. The van der Waals surface area contributed by atoms with Gasteiger partial charge in [-0.25, -0.2) is 0 Å². The van der Waals surface area contributed by atoms with Gasteiger partial charge in [0.15, 0.2) is 6.04 Å². The van der Waals surface area contributed by atoms with Gasteiger partial charge in [0, 0.05) is 25.5 Å². The van der Waals surface area contributed by atoms with Gasteiger partial charge in [0.05, 0.1) is 17.9 Å². The molecule has 8 nitrogen and oxygen atoms in total. The number of amides is 2. The third-order valence-corrected chi connectivity index (χ3v) is 3.40. The van der Waals surface area contributed by atoms with Gasteiger partial charge in [0.2, 0.25) is 0 Å². The number of nitrogens with zero attached hydrogens (tertiary/aromatic N) is 4. The van der Waals surface area contributed by atoms with E-state index in [1.807, 2.05) is 4.68 Å². The number of anilines is 1. The normalized spacial score (nSPS) is 22.5. The number of ether oxygens (including phenoxy) is 1. The van der Waals surface area contributed by atoms with Crippen molar-refractivity contribution < 1.29 is 14.3 Å². The van der Waals surface area contributed by atoms with E-state index in [1.165, 1.54) is 12.2 Å². The van der Waals surface area contributed by atoms with E-state index in [1.54, 1.807) is 12.4 Å². The Bertz CT molecular complexity index is 585. The molecule has 0 spiro atoms. The fourth-order valence-corrected chi connectivity index (χ4v) is 2.27. The van der Waals surface area contributed by atoms with Crippen molar-refractivity contribution in [1.82, 2.24) is 9.78 Å². The summed E-state index contributed by atoms with van der Waals surface area (Å²) in [4.78, 5) is 22.8. The summed E-state index contributed by atoms with van der Waals surface area (Å²) < 4.78 is 7.16. The highest BCUT2D eigenvalue weighted by Gasteiger charge is 2.20. The maximum absolute atomic E-state index is 12.0. The molecule has 0 radical (unpaired) electrons. The van der Waals surface area contributed by atoms with Crippen molar-refractivity contribution in [2.24, 2.45) is 10.2 Å². The van der Waals surface area contributed by atoms with E-state index in [-0.39, 0.29) is 5.91 Å². The van der Waals surface area contributed by atoms with Crippen LogP contribution in [0.4, 0.5) is 5.69 Å². The van der Waals surface area contributed by atoms with E-state index in [2.05, 4.69) is 20.6 Å². The molecule has 1 atom stereocenters. The van der Waals surface area contributed by atoms with Crippen LogP contribution in [-0.2, 0) is 14.3 Å². The first-order valence-electron chi connectivity index (χ1n) is 6.78. The Morgan fingerprint density at radius 2 is 2.19 bits per heavy atom. The minimum absolute atomic E-state index is 0.302. The molecule has 2 amide bonds. The van der Waals surface area contributed by atoms with E-state index in [9.17, 15) is 9.59 Å². The van der Waals surface area contributed by atoms with Gasteiger partial charge in [-0.05, 0) is 18.9 Å². The van der Waals surface area contributed by atoms with E-state index in [4.69, 9.17) is 4.74 Å². The predicted octanol–water partition coefficient (Wildman–Crippen LogP) is 1.09. The molecule has 1 aromatic rings. The maximum Gasteiger partial charge on any atom is 0.287 e. The smallest absolute Gasteiger partial charge is 0.287 e. The Morgan fingerprint density at radius 3 is 2.90 bits per heavy atom. The van der Waals surface area contributed by atoms with Crippen molar-refractivity contribution in [3.8, 4) is 0 Å². The van der Waals surface area contributed by atoms with Crippen LogP contribution in [0.2, 0.25) is 0 Å². The molecule has 1 unspecified atom stereocenters. The number of azo groups is 1. The fourth-order valence-electron chi connectivity index (χ4n) is 2.27. The van der Waals surface area contributed by atoms with Crippen LogP contribution in [0.1, 0.15) is 18.9 Å². The zero-order valence-electron chi connectivity index (χ0n) is 11.3. The molecule has 21 heavy (non-hydrogen) atoms. The van der Waals surface area contributed by atoms with Crippen LogP contribution >= 0.6 is 0 Å². The average molecular weight is 289 g/mol. The number of carbonyl (C=O) groups is 2. The Morgan fingerprint density at radius 1 is 1.38 bits per heavy atom. The van der Waals surface area contributed by atoms with Crippen LogP contribution < -0.4 is 5.32 Å². The van der Waals surface area contributed by atoms with Crippen molar-refractivity contribution in [1.29, 1.82) is 0 Å². The summed E-state index contributed by atoms with van der Waals surface area (Å²) >= 11 is 0. The minimum Gasteiger partial charge on any atom is -0.381 e. The SMILES string of the molecule is O=C1C=CC(C(=O)Nc2cnn(C3CCOCC3)c2)N=N1. The van der Waals surface area contributed by atoms with Crippen LogP contribution in [0.15, 0.2) is 34.8 Å². The lowest BCUT2D eigenvalue weighted by molar-refractivity contribution is -0.117. The molecule has 0 aromatic carbocycles. The first-order chi connectivity index (χ1) is 10.2. The predicted molar refractivity (Wildman–Crippen MR) is 72.7 cm³/mol. The third-order valence-electron chi connectivity index (χ3n) is 3.40. The molecule has 2 aliphatic heterocycles. The van der Waals surface area contributed by atoms with Crippen molar-refractivity contribution in [2.75, 3.05) is 18.5 Å². The molecule has 0 bridgehead atoms. The number of nitrogens with one attached hydrogen (secondary N) is 1. The van der Waals surface area contributed by atoms with Gasteiger partial charge >= 0.3 is 0 Å². The van der Waals surface area contributed by atoms with E-state index in [0.29, 0.717) is 11.7 Å². The fraction of sp³-hybridized carbons (Fsp3) is 0.462. The van der Waals surface area contributed by atoms with Gasteiger partial charge in [-0.3, -0.25) is 14.3 Å². The van der Waals surface area contributed by atoms with Crippen LogP contribution in [0.5, 0.6) is 0 Å². The molecule has 8 heteroatoms. The molecule has 1 saturated heterocycles. The molecule has 1 fully saturated rings. The second-order valence-corrected chi connectivity index (χ2v) is 4.90. The van der Waals surface area contributed by atoms with Gasteiger partial charge < -0.3 is 10.1 Å². The van der Waals surface area contributed by atoms with Crippen molar-refractivity contribution in [3.05, 3.63) is 24.5 Å². The highest BCUT2D eigenvalue weighted by atomic mass is 16.5. The van der Waals surface area contributed by atoms with E-state index >= 15 is 0 Å². The van der Waals surface area contributed by atoms with Gasteiger partial charge in [-0.2, -0.15) is 10.2 Å². The quantitative estimate of drug-likeness (QED) is 0.900. The molecule has 1 aromatic heterocycles. The summed E-state index contributed by atoms with van der Waals surface area (Å²) in [7, 11) is 0. The summed E-state index contributed by atoms with van der Waals surface area (Å²) in [5.41, 5.74) is 0.604. The molecule has 3 rings (SSSR count). The summed E-state index contributed by atoms with van der Waals surface area (Å²) in [6.07, 6.45) is 7.88. The number of hydrogen-bond donors (Lipinski definition) is 1. The second-order valence-electron chi connectivity index (χ2n) is 4.90. The second kappa shape index (κ2) is 5.96. The lowest BCUT2D eigenvalue weighted by Crippen LogP contribution is -2.25. The molecule has 1 N–H and O–H groups in total. The standard InChI is InChI=1S/C13H15N5O3/c19-12-2-1-11(16-17-12)13(20)15-9-7-14-18(8-9)10-3-5-21-6-4-10/h1-2,7-8,10-11H,3-6H2,(H,15,20). The number of carbonyl (C=O) groups excluding carboxylic acids is 2. The molecule has 0 aliphatic carbocycles. The number of hydrogen-bond acceptors (Lipinski definition) is 5. The van der Waals surface area contributed by atoms with Crippen LogP contribution in [0.25, 0.3) is 0 Å². The molecule has 110 valence electrons. The lowest BCUT2D eigenvalue weighted by atomic mass is 10.1. The average Bonchev–Trinajstić information content (AvgIpc) is 2.97. The van der Waals surface area contributed by atoms with Crippen molar-refractivity contribution in [3.63, 3.8) is 0 Å². The third kappa shape index (κ3) is 3.22. The summed E-state index contributed by atoms with van der Waals surface area (Å²) in [6.45, 7) is 1.46. The zero-order valence-corrected chi connectivity index (χ0v) is 11.3. The highest BCUT2D eigenvalue weighted by Crippen LogP contribution is 2.21. The first kappa shape index (κ1) is 13.6. The molecular formula is C13H15N5O3. The maximum atomic E-state index is 12.0. The van der Waals surface area contributed by atoms with Gasteiger partial charge in [0.1, 0.15) is 0 Å². The Hall–Kier alpha value is -2.35.